The molecule has 2 nitrogen and oxygen atoms in total. The molecule has 15 heavy (non-hydrogen) atoms. The third-order valence-corrected chi connectivity index (χ3v) is 2.19. The van der Waals surface area contributed by atoms with Gasteiger partial charge in [0.15, 0.2) is 0 Å². The van der Waals surface area contributed by atoms with E-state index in [4.69, 9.17) is 16.3 Å². The number of carbonyl (C=O) groups is 1. The molecule has 0 aliphatic carbocycles. The normalized spacial score (nSPS) is 10.0. The van der Waals surface area contributed by atoms with Crippen molar-refractivity contribution in [3.05, 3.63) is 35.4 Å². The van der Waals surface area contributed by atoms with Gasteiger partial charge in [-0.1, -0.05) is 25.5 Å². The first kappa shape index (κ1) is 12.1. The quantitative estimate of drug-likeness (QED) is 0.570. The predicted octanol–water partition coefficient (Wildman–Crippen LogP) is 3.03. The Morgan fingerprint density at radius 2 is 2.00 bits per heavy atom. The zero-order chi connectivity index (χ0) is 11.1. The molecule has 0 heterocycles. The highest BCUT2D eigenvalue weighted by molar-refractivity contribution is 6.18. The fraction of sp³-hybridized carbons (Fsp3) is 0.417. The van der Waals surface area contributed by atoms with Crippen LogP contribution >= 0.6 is 11.6 Å². The van der Waals surface area contributed by atoms with Crippen LogP contribution in [0.5, 0.6) is 0 Å². The van der Waals surface area contributed by atoms with Gasteiger partial charge < -0.3 is 4.74 Å². The number of benzene rings is 1. The van der Waals surface area contributed by atoms with E-state index in [1.54, 1.807) is 12.1 Å². The first-order valence-electron chi connectivity index (χ1n) is 5.10. The lowest BCUT2D eigenvalue weighted by molar-refractivity contribution is 0.0529. The highest BCUT2D eigenvalue weighted by Crippen LogP contribution is 2.07. The number of rotatable bonds is 5. The lowest BCUT2D eigenvalue weighted by Gasteiger charge is -2.03. The van der Waals surface area contributed by atoms with Gasteiger partial charge in [0.1, 0.15) is 6.61 Å². The van der Waals surface area contributed by atoms with Crippen LogP contribution in [0.15, 0.2) is 24.3 Å². The SMILES string of the molecule is CCCc1ccc(C(=O)OCCCl)cc1. The third kappa shape index (κ3) is 3.92. The molecule has 0 unspecified atom stereocenters. The monoisotopic (exact) mass is 226 g/mol. The van der Waals surface area contributed by atoms with Crippen molar-refractivity contribution >= 4 is 17.6 Å². The number of halogens is 1. The minimum absolute atomic E-state index is 0.261. The summed E-state index contributed by atoms with van der Waals surface area (Å²) in [7, 11) is 0. The molecule has 0 radical (unpaired) electrons. The maximum absolute atomic E-state index is 11.4. The second-order valence-electron chi connectivity index (χ2n) is 3.27. The van der Waals surface area contributed by atoms with Crippen LogP contribution in [-0.4, -0.2) is 18.5 Å². The topological polar surface area (TPSA) is 26.3 Å². The maximum atomic E-state index is 11.4. The molecule has 0 spiro atoms. The number of ether oxygens (including phenoxy) is 1. The number of hydrogen-bond donors (Lipinski definition) is 0. The summed E-state index contributed by atoms with van der Waals surface area (Å²) < 4.78 is 4.91. The van der Waals surface area contributed by atoms with Gasteiger partial charge in [0.2, 0.25) is 0 Å². The van der Waals surface area contributed by atoms with Gasteiger partial charge in [0.25, 0.3) is 0 Å². The van der Waals surface area contributed by atoms with E-state index >= 15 is 0 Å². The van der Waals surface area contributed by atoms with Gasteiger partial charge in [0, 0.05) is 0 Å². The molecular weight excluding hydrogens is 212 g/mol. The van der Waals surface area contributed by atoms with Crippen LogP contribution < -0.4 is 0 Å². The summed E-state index contributed by atoms with van der Waals surface area (Å²) in [4.78, 5) is 11.4. The summed E-state index contributed by atoms with van der Waals surface area (Å²) >= 11 is 5.42. The molecule has 82 valence electrons. The van der Waals surface area contributed by atoms with Crippen molar-refractivity contribution in [3.63, 3.8) is 0 Å². The molecule has 0 bridgehead atoms. The zero-order valence-corrected chi connectivity index (χ0v) is 9.59. The Kier molecular flexibility index (Phi) is 5.19. The summed E-state index contributed by atoms with van der Waals surface area (Å²) in [5.74, 6) is 0.0262. The molecule has 0 aromatic heterocycles. The molecule has 0 saturated carbocycles. The van der Waals surface area contributed by atoms with E-state index in [1.165, 1.54) is 5.56 Å². The van der Waals surface area contributed by atoms with Gasteiger partial charge in [-0.05, 0) is 24.1 Å². The summed E-state index contributed by atoms with van der Waals surface area (Å²) in [6, 6.07) is 7.50. The van der Waals surface area contributed by atoms with Crippen molar-refractivity contribution < 1.29 is 9.53 Å². The number of esters is 1. The van der Waals surface area contributed by atoms with Crippen molar-refractivity contribution in [1.29, 1.82) is 0 Å². The summed E-state index contributed by atoms with van der Waals surface area (Å²) in [6.45, 7) is 2.39. The molecule has 0 fully saturated rings. The predicted molar refractivity (Wildman–Crippen MR) is 61.4 cm³/mol. The maximum Gasteiger partial charge on any atom is 0.338 e. The van der Waals surface area contributed by atoms with Crippen molar-refractivity contribution in [3.8, 4) is 0 Å². The second kappa shape index (κ2) is 6.46. The Labute approximate surface area is 95.2 Å². The van der Waals surface area contributed by atoms with Gasteiger partial charge in [-0.2, -0.15) is 0 Å². The van der Waals surface area contributed by atoms with Crippen LogP contribution in [0, 0.1) is 0 Å². The average Bonchev–Trinajstić information content (AvgIpc) is 2.27. The van der Waals surface area contributed by atoms with E-state index in [1.807, 2.05) is 12.1 Å². The van der Waals surface area contributed by atoms with E-state index in [0.717, 1.165) is 12.8 Å². The molecule has 1 aromatic carbocycles. The molecular formula is C12H15ClO2. The van der Waals surface area contributed by atoms with E-state index < -0.39 is 0 Å². The number of carbonyl (C=O) groups excluding carboxylic acids is 1. The van der Waals surface area contributed by atoms with Crippen molar-refractivity contribution in [2.75, 3.05) is 12.5 Å². The van der Waals surface area contributed by atoms with Gasteiger partial charge in [-0.25, -0.2) is 4.79 Å². The standard InChI is InChI=1S/C12H15ClO2/c1-2-3-10-4-6-11(7-5-10)12(14)15-9-8-13/h4-7H,2-3,8-9H2,1H3. The molecule has 0 aliphatic rings. The van der Waals surface area contributed by atoms with Crippen LogP contribution in [0.25, 0.3) is 0 Å². The average molecular weight is 227 g/mol. The Morgan fingerprint density at radius 3 is 2.53 bits per heavy atom. The minimum Gasteiger partial charge on any atom is -0.461 e. The molecule has 1 aromatic rings. The Morgan fingerprint density at radius 1 is 1.33 bits per heavy atom. The first-order chi connectivity index (χ1) is 7.27. The third-order valence-electron chi connectivity index (χ3n) is 2.04. The molecule has 0 atom stereocenters. The van der Waals surface area contributed by atoms with Crippen LogP contribution in [0.1, 0.15) is 29.3 Å². The zero-order valence-electron chi connectivity index (χ0n) is 8.83. The molecule has 0 aliphatic heterocycles. The Balaban J connectivity index is 2.58. The van der Waals surface area contributed by atoms with Crippen molar-refractivity contribution in [2.24, 2.45) is 0 Å². The van der Waals surface area contributed by atoms with Crippen molar-refractivity contribution in [1.82, 2.24) is 0 Å². The lowest BCUT2D eigenvalue weighted by atomic mass is 10.1. The van der Waals surface area contributed by atoms with Gasteiger partial charge in [-0.15, -0.1) is 11.6 Å². The highest BCUT2D eigenvalue weighted by atomic mass is 35.5. The molecule has 3 heteroatoms. The number of hydrogen-bond acceptors (Lipinski definition) is 2. The second-order valence-corrected chi connectivity index (χ2v) is 3.65. The van der Waals surface area contributed by atoms with E-state index in [-0.39, 0.29) is 12.6 Å². The van der Waals surface area contributed by atoms with E-state index in [2.05, 4.69) is 6.92 Å². The van der Waals surface area contributed by atoms with Crippen LogP contribution in [-0.2, 0) is 11.2 Å². The minimum atomic E-state index is -0.307. The molecule has 1 rings (SSSR count). The summed E-state index contributed by atoms with van der Waals surface area (Å²) in [5, 5.41) is 0. The Bertz CT molecular complexity index is 306. The Hall–Kier alpha value is -1.02. The van der Waals surface area contributed by atoms with E-state index in [9.17, 15) is 4.79 Å². The number of aryl methyl sites for hydroxylation is 1. The fourth-order valence-corrected chi connectivity index (χ4v) is 1.39. The summed E-state index contributed by atoms with van der Waals surface area (Å²) in [6.07, 6.45) is 2.15. The van der Waals surface area contributed by atoms with E-state index in [0.29, 0.717) is 11.4 Å². The molecule has 0 amide bonds. The van der Waals surface area contributed by atoms with Crippen LogP contribution in [0.4, 0.5) is 0 Å². The fourth-order valence-electron chi connectivity index (χ4n) is 1.31. The summed E-state index contributed by atoms with van der Waals surface area (Å²) in [5.41, 5.74) is 1.83. The largest absolute Gasteiger partial charge is 0.461 e. The smallest absolute Gasteiger partial charge is 0.338 e. The first-order valence-corrected chi connectivity index (χ1v) is 5.63. The van der Waals surface area contributed by atoms with Crippen molar-refractivity contribution in [2.45, 2.75) is 19.8 Å². The molecule has 0 N–H and O–H groups in total. The number of alkyl halides is 1. The van der Waals surface area contributed by atoms with Gasteiger partial charge >= 0.3 is 5.97 Å². The lowest BCUT2D eigenvalue weighted by Crippen LogP contribution is -2.07. The highest BCUT2D eigenvalue weighted by Gasteiger charge is 2.05. The van der Waals surface area contributed by atoms with Crippen LogP contribution in [0.3, 0.4) is 0 Å². The van der Waals surface area contributed by atoms with Gasteiger partial charge in [-0.3, -0.25) is 0 Å². The molecule has 0 saturated heterocycles. The van der Waals surface area contributed by atoms with Gasteiger partial charge in [0.05, 0.1) is 11.4 Å². The van der Waals surface area contributed by atoms with Crippen LogP contribution in [0.2, 0.25) is 0 Å².